The van der Waals surface area contributed by atoms with Crippen LogP contribution in [0.5, 0.6) is 0 Å². The molecule has 214 valence electrons. The highest BCUT2D eigenvalue weighted by Gasteiger charge is 2.16. The molecule has 5 rings (SSSR count). The molecule has 5 aromatic rings. The number of rotatable bonds is 12. The smallest absolute Gasteiger partial charge is 0.337 e. The second-order valence-corrected chi connectivity index (χ2v) is 9.90. The Morgan fingerprint density at radius 2 is 0.643 bits per heavy atom. The molecule has 0 aliphatic heterocycles. The molecule has 0 unspecified atom stereocenters. The number of hydrogen-bond acceptors (Lipinski definition) is 4. The van der Waals surface area contributed by atoms with Crippen molar-refractivity contribution in [3.63, 3.8) is 0 Å². The molecular formula is C30H26N4O8. The molecule has 4 N–H and O–H groups in total. The molecule has 0 aliphatic carbocycles. The summed E-state index contributed by atoms with van der Waals surface area (Å²) in [6.07, 6.45) is 12.8. The first-order chi connectivity index (χ1) is 20.0. The van der Waals surface area contributed by atoms with Crippen molar-refractivity contribution in [1.82, 2.24) is 18.3 Å². The van der Waals surface area contributed by atoms with Gasteiger partial charge < -0.3 is 38.7 Å². The summed E-state index contributed by atoms with van der Waals surface area (Å²) in [4.78, 5) is 45.8. The fourth-order valence-electron chi connectivity index (χ4n) is 4.83. The van der Waals surface area contributed by atoms with E-state index in [0.29, 0.717) is 26.2 Å². The summed E-state index contributed by atoms with van der Waals surface area (Å²) in [5.41, 5.74) is 3.93. The number of carboxylic acids is 4. The molecule has 0 saturated heterocycles. The van der Waals surface area contributed by atoms with Gasteiger partial charge in [0, 0.05) is 75.8 Å². The summed E-state index contributed by atoms with van der Waals surface area (Å²) in [5.74, 6) is -4.19. The summed E-state index contributed by atoms with van der Waals surface area (Å²) in [7, 11) is 0. The van der Waals surface area contributed by atoms with Crippen molar-refractivity contribution in [2.75, 3.05) is 0 Å². The largest absolute Gasteiger partial charge is 0.478 e. The number of nitrogens with zero attached hydrogens (tertiary/aromatic N) is 4. The average Bonchev–Trinajstić information content (AvgIpc) is 3.74. The lowest BCUT2D eigenvalue weighted by molar-refractivity contribution is 0.0686. The minimum atomic E-state index is -1.05. The number of aromatic nitrogens is 4. The van der Waals surface area contributed by atoms with Gasteiger partial charge in [0.15, 0.2) is 0 Å². The van der Waals surface area contributed by atoms with E-state index in [-0.39, 0.29) is 22.3 Å². The molecule has 42 heavy (non-hydrogen) atoms. The van der Waals surface area contributed by atoms with Crippen molar-refractivity contribution in [1.29, 1.82) is 0 Å². The van der Waals surface area contributed by atoms with Crippen molar-refractivity contribution in [3.8, 4) is 0 Å². The van der Waals surface area contributed by atoms with Crippen LogP contribution in [0.1, 0.15) is 63.7 Å². The highest BCUT2D eigenvalue weighted by molar-refractivity contribution is 5.88. The van der Waals surface area contributed by atoms with Crippen LogP contribution in [-0.2, 0) is 26.2 Å². The first-order valence-electron chi connectivity index (χ1n) is 12.8. The number of carbonyl (C=O) groups is 4. The topological polar surface area (TPSA) is 169 Å². The second-order valence-electron chi connectivity index (χ2n) is 9.90. The molecule has 0 fully saturated rings. The van der Waals surface area contributed by atoms with Gasteiger partial charge >= 0.3 is 23.9 Å². The zero-order valence-electron chi connectivity index (χ0n) is 22.1. The van der Waals surface area contributed by atoms with E-state index < -0.39 is 23.9 Å². The van der Waals surface area contributed by atoms with E-state index in [4.69, 9.17) is 0 Å². The SMILES string of the molecule is O=C(O)c1ccn(Cc2cc(Cn3ccc(C(=O)O)c3)c(Cn3ccc(C(=O)O)c3)cc2Cn2ccc(C(=O)O)c2)c1. The molecule has 0 amide bonds. The van der Waals surface area contributed by atoms with Crippen molar-refractivity contribution < 1.29 is 39.6 Å². The third-order valence-electron chi connectivity index (χ3n) is 6.92. The molecule has 0 saturated carbocycles. The fourth-order valence-corrected chi connectivity index (χ4v) is 4.83. The van der Waals surface area contributed by atoms with E-state index in [0.717, 1.165) is 22.3 Å². The van der Waals surface area contributed by atoms with Gasteiger partial charge in [0.2, 0.25) is 0 Å². The maximum atomic E-state index is 11.5. The predicted molar refractivity (Wildman–Crippen MR) is 148 cm³/mol. The molecule has 0 bridgehead atoms. The minimum Gasteiger partial charge on any atom is -0.478 e. The summed E-state index contributed by atoms with van der Waals surface area (Å²) >= 11 is 0. The van der Waals surface area contributed by atoms with Gasteiger partial charge in [-0.2, -0.15) is 0 Å². The summed E-state index contributed by atoms with van der Waals surface area (Å²) in [5, 5.41) is 37.5. The van der Waals surface area contributed by atoms with Crippen LogP contribution in [-0.4, -0.2) is 62.6 Å². The number of aromatic carboxylic acids is 4. The van der Waals surface area contributed by atoms with Crippen molar-refractivity contribution >= 4 is 23.9 Å². The molecule has 4 heterocycles. The average molecular weight is 571 g/mol. The summed E-state index contributed by atoms with van der Waals surface area (Å²) in [6, 6.07) is 9.94. The Bertz CT molecular complexity index is 1560. The Morgan fingerprint density at radius 1 is 0.429 bits per heavy atom. The summed E-state index contributed by atoms with van der Waals surface area (Å²) in [6.45, 7) is 1.28. The molecule has 4 aromatic heterocycles. The van der Waals surface area contributed by atoms with Gasteiger partial charge in [0.05, 0.1) is 22.3 Å². The minimum absolute atomic E-state index is 0.139. The molecule has 0 radical (unpaired) electrons. The number of benzene rings is 1. The normalized spacial score (nSPS) is 11.0. The van der Waals surface area contributed by atoms with Gasteiger partial charge in [-0.15, -0.1) is 0 Å². The van der Waals surface area contributed by atoms with Gasteiger partial charge in [-0.1, -0.05) is 12.1 Å². The Hall–Kier alpha value is -5.78. The number of carboxylic acid groups (broad SMARTS) is 4. The van der Waals surface area contributed by atoms with Gasteiger partial charge in [-0.3, -0.25) is 0 Å². The van der Waals surface area contributed by atoms with Crippen LogP contribution in [0, 0.1) is 0 Å². The number of hydrogen-bond donors (Lipinski definition) is 4. The lowest BCUT2D eigenvalue weighted by atomic mass is 9.97. The van der Waals surface area contributed by atoms with Gasteiger partial charge in [-0.05, 0) is 46.5 Å². The Labute approximate surface area is 238 Å². The van der Waals surface area contributed by atoms with Gasteiger partial charge in [0.25, 0.3) is 0 Å². The molecule has 12 heteroatoms. The molecular weight excluding hydrogens is 544 g/mol. The van der Waals surface area contributed by atoms with E-state index >= 15 is 0 Å². The Kier molecular flexibility index (Phi) is 7.52. The highest BCUT2D eigenvalue weighted by Crippen LogP contribution is 2.24. The highest BCUT2D eigenvalue weighted by atomic mass is 16.4. The van der Waals surface area contributed by atoms with Crippen LogP contribution in [0.2, 0.25) is 0 Å². The summed E-state index contributed by atoms with van der Waals surface area (Å²) < 4.78 is 6.97. The van der Waals surface area contributed by atoms with Crippen molar-refractivity contribution in [3.05, 3.63) is 130 Å². The molecule has 1 aromatic carbocycles. The molecule has 0 spiro atoms. The molecule has 0 aliphatic rings. The molecule has 12 nitrogen and oxygen atoms in total. The van der Waals surface area contributed by atoms with Crippen LogP contribution in [0.4, 0.5) is 0 Å². The Balaban J connectivity index is 1.59. The van der Waals surface area contributed by atoms with Crippen LogP contribution >= 0.6 is 0 Å². The van der Waals surface area contributed by atoms with Gasteiger partial charge in [-0.25, -0.2) is 19.2 Å². The van der Waals surface area contributed by atoms with E-state index in [1.807, 2.05) is 12.1 Å². The zero-order valence-corrected chi connectivity index (χ0v) is 22.1. The van der Waals surface area contributed by atoms with Crippen molar-refractivity contribution in [2.24, 2.45) is 0 Å². The van der Waals surface area contributed by atoms with E-state index in [2.05, 4.69) is 0 Å². The lowest BCUT2D eigenvalue weighted by Gasteiger charge is -2.19. The zero-order chi connectivity index (χ0) is 30.0. The lowest BCUT2D eigenvalue weighted by Crippen LogP contribution is -2.12. The van der Waals surface area contributed by atoms with E-state index in [1.165, 1.54) is 49.1 Å². The van der Waals surface area contributed by atoms with E-state index in [1.54, 1.807) is 43.1 Å². The monoisotopic (exact) mass is 570 g/mol. The maximum Gasteiger partial charge on any atom is 0.337 e. The fraction of sp³-hybridized carbons (Fsp3) is 0.133. The Morgan fingerprint density at radius 3 is 0.810 bits per heavy atom. The third kappa shape index (κ3) is 6.17. The standard InChI is InChI=1S/C30H26N4O8/c35-27(36)19-1-5-31(11-19)15-23-9-25(17-33-7-3-21(13-33)29(39)40)26(18-34-8-4-22(14-34)30(41)42)10-24(23)16-32-6-2-20(12-32)28(37)38/h1-14H,15-18H2,(H,35,36)(H,37,38)(H,39,40)(H,41,42). The van der Waals surface area contributed by atoms with Gasteiger partial charge in [0.1, 0.15) is 0 Å². The van der Waals surface area contributed by atoms with Crippen LogP contribution in [0.3, 0.4) is 0 Å². The van der Waals surface area contributed by atoms with E-state index in [9.17, 15) is 39.6 Å². The van der Waals surface area contributed by atoms with Crippen molar-refractivity contribution in [2.45, 2.75) is 26.2 Å². The predicted octanol–water partition coefficient (Wildman–Crippen LogP) is 3.88. The van der Waals surface area contributed by atoms with Crippen LogP contribution in [0.25, 0.3) is 0 Å². The second kappa shape index (κ2) is 11.4. The first-order valence-corrected chi connectivity index (χ1v) is 12.8. The van der Waals surface area contributed by atoms with Crippen LogP contribution in [0.15, 0.2) is 86.0 Å². The van der Waals surface area contributed by atoms with Crippen LogP contribution < -0.4 is 0 Å². The third-order valence-corrected chi connectivity index (χ3v) is 6.92. The maximum absolute atomic E-state index is 11.5. The first kappa shape index (κ1) is 27.8. The quantitative estimate of drug-likeness (QED) is 0.175. The molecule has 0 atom stereocenters.